The van der Waals surface area contributed by atoms with Crippen LogP contribution in [-0.2, 0) is 9.47 Å². The lowest BCUT2D eigenvalue weighted by Gasteiger charge is -2.44. The molecule has 1 N–H and O–H groups in total. The minimum atomic E-state index is -0.267. The normalized spacial score (nSPS) is 19.9. The molecule has 6 nitrogen and oxygen atoms in total. The Balaban J connectivity index is 1.62. The Morgan fingerprint density at radius 1 is 1.16 bits per heavy atom. The van der Waals surface area contributed by atoms with Crippen molar-refractivity contribution in [2.45, 2.75) is 18.4 Å². The summed E-state index contributed by atoms with van der Waals surface area (Å²) in [7, 11) is 0. The lowest BCUT2D eigenvalue weighted by atomic mass is 9.92. The molecule has 1 aromatic carbocycles. The van der Waals surface area contributed by atoms with Gasteiger partial charge in [0.05, 0.1) is 18.8 Å². The SMILES string of the molecule is O=C(c1c[nH]c(=S)n1-c1ccccc1)N1CCOC2(CCOCC2)C1. The number of morpholine rings is 1. The van der Waals surface area contributed by atoms with Crippen molar-refractivity contribution in [3.8, 4) is 5.69 Å². The topological polar surface area (TPSA) is 59.5 Å². The number of amides is 1. The number of nitrogens with zero attached hydrogens (tertiary/aromatic N) is 2. The van der Waals surface area contributed by atoms with Gasteiger partial charge in [0.25, 0.3) is 5.91 Å². The standard InChI is InChI=1S/C18H21N3O3S/c22-16(20-8-11-24-18(13-20)6-9-23-10-7-18)15-12-19-17(25)21(15)14-4-2-1-3-5-14/h1-5,12H,6-11,13H2,(H,19,25). The minimum Gasteiger partial charge on any atom is -0.381 e. The molecule has 3 heterocycles. The number of imidazole rings is 1. The van der Waals surface area contributed by atoms with Crippen molar-refractivity contribution in [3.63, 3.8) is 0 Å². The minimum absolute atomic E-state index is 0.0228. The van der Waals surface area contributed by atoms with Crippen molar-refractivity contribution in [2.24, 2.45) is 0 Å². The number of H-pyrrole nitrogens is 1. The highest BCUT2D eigenvalue weighted by Gasteiger charge is 2.40. The molecule has 4 rings (SSSR count). The largest absolute Gasteiger partial charge is 0.381 e. The van der Waals surface area contributed by atoms with Crippen LogP contribution in [0.25, 0.3) is 5.69 Å². The molecule has 2 saturated heterocycles. The van der Waals surface area contributed by atoms with Crippen LogP contribution in [0.4, 0.5) is 0 Å². The highest BCUT2D eigenvalue weighted by Crippen LogP contribution is 2.30. The molecule has 0 bridgehead atoms. The van der Waals surface area contributed by atoms with Crippen LogP contribution >= 0.6 is 12.2 Å². The maximum Gasteiger partial charge on any atom is 0.272 e. The Bertz CT molecular complexity index is 803. The summed E-state index contributed by atoms with van der Waals surface area (Å²) in [4.78, 5) is 18.1. The number of aromatic amines is 1. The Kier molecular flexibility index (Phi) is 4.45. The van der Waals surface area contributed by atoms with Crippen molar-refractivity contribution in [2.75, 3.05) is 32.9 Å². The van der Waals surface area contributed by atoms with E-state index in [4.69, 9.17) is 21.7 Å². The maximum absolute atomic E-state index is 13.2. The predicted octanol–water partition coefficient (Wildman–Crippen LogP) is 2.56. The zero-order valence-corrected chi connectivity index (χ0v) is 14.8. The number of ether oxygens (including phenoxy) is 2. The summed E-state index contributed by atoms with van der Waals surface area (Å²) < 4.78 is 13.8. The number of para-hydroxylation sites is 1. The van der Waals surface area contributed by atoms with Crippen molar-refractivity contribution in [1.82, 2.24) is 14.5 Å². The predicted molar refractivity (Wildman–Crippen MR) is 95.6 cm³/mol. The first-order chi connectivity index (χ1) is 12.2. The van der Waals surface area contributed by atoms with E-state index >= 15 is 0 Å². The lowest BCUT2D eigenvalue weighted by Crippen LogP contribution is -2.56. The highest BCUT2D eigenvalue weighted by molar-refractivity contribution is 7.71. The van der Waals surface area contributed by atoms with E-state index in [1.807, 2.05) is 35.2 Å². The van der Waals surface area contributed by atoms with Crippen LogP contribution in [0.1, 0.15) is 23.3 Å². The number of carbonyl (C=O) groups excluding carboxylic acids is 1. The highest BCUT2D eigenvalue weighted by atomic mass is 32.1. The zero-order valence-electron chi connectivity index (χ0n) is 13.9. The van der Waals surface area contributed by atoms with Gasteiger partial charge < -0.3 is 19.4 Å². The Morgan fingerprint density at radius 3 is 2.68 bits per heavy atom. The molecule has 0 saturated carbocycles. The monoisotopic (exact) mass is 359 g/mol. The van der Waals surface area contributed by atoms with Gasteiger partial charge in [0.15, 0.2) is 4.77 Å². The fraction of sp³-hybridized carbons (Fsp3) is 0.444. The third-order valence-corrected chi connectivity index (χ3v) is 5.25. The van der Waals surface area contributed by atoms with Crippen molar-refractivity contribution < 1.29 is 14.3 Å². The molecule has 2 aromatic rings. The molecule has 132 valence electrons. The van der Waals surface area contributed by atoms with E-state index in [1.54, 1.807) is 10.8 Å². The molecule has 2 aliphatic heterocycles. The number of hydrogen-bond acceptors (Lipinski definition) is 4. The van der Waals surface area contributed by atoms with Crippen LogP contribution < -0.4 is 0 Å². The van der Waals surface area contributed by atoms with Gasteiger partial charge in [-0.15, -0.1) is 0 Å². The third kappa shape index (κ3) is 3.15. The summed E-state index contributed by atoms with van der Waals surface area (Å²) in [6.07, 6.45) is 3.35. The van der Waals surface area contributed by atoms with E-state index in [-0.39, 0.29) is 11.5 Å². The van der Waals surface area contributed by atoms with E-state index < -0.39 is 0 Å². The van der Waals surface area contributed by atoms with Gasteiger partial charge in [0.2, 0.25) is 0 Å². The van der Waals surface area contributed by atoms with Gasteiger partial charge in [-0.1, -0.05) is 18.2 Å². The molecule has 1 spiro atoms. The van der Waals surface area contributed by atoms with Crippen molar-refractivity contribution in [3.05, 3.63) is 47.0 Å². The molecule has 0 atom stereocenters. The zero-order chi connectivity index (χ0) is 17.3. The van der Waals surface area contributed by atoms with Crippen LogP contribution in [0.2, 0.25) is 0 Å². The number of aromatic nitrogens is 2. The van der Waals surface area contributed by atoms with Gasteiger partial charge in [-0.05, 0) is 24.4 Å². The van der Waals surface area contributed by atoms with E-state index in [2.05, 4.69) is 4.98 Å². The molecule has 1 amide bonds. The van der Waals surface area contributed by atoms with Gasteiger partial charge in [0.1, 0.15) is 5.69 Å². The van der Waals surface area contributed by atoms with E-state index in [1.165, 1.54) is 0 Å². The van der Waals surface area contributed by atoms with Gasteiger partial charge >= 0.3 is 0 Å². The lowest BCUT2D eigenvalue weighted by molar-refractivity contribution is -0.146. The summed E-state index contributed by atoms with van der Waals surface area (Å²) in [5.41, 5.74) is 1.17. The van der Waals surface area contributed by atoms with Crippen molar-refractivity contribution >= 4 is 18.1 Å². The van der Waals surface area contributed by atoms with Crippen LogP contribution in [0.3, 0.4) is 0 Å². The smallest absolute Gasteiger partial charge is 0.272 e. The molecule has 2 fully saturated rings. The molecule has 0 unspecified atom stereocenters. The molecule has 2 aliphatic rings. The van der Waals surface area contributed by atoms with Gasteiger partial charge in [-0.25, -0.2) is 0 Å². The van der Waals surface area contributed by atoms with Crippen LogP contribution in [0, 0.1) is 4.77 Å². The molecular formula is C18H21N3O3S. The summed E-state index contributed by atoms with van der Waals surface area (Å²) in [5, 5.41) is 0. The molecule has 25 heavy (non-hydrogen) atoms. The summed E-state index contributed by atoms with van der Waals surface area (Å²) in [5.74, 6) is -0.0228. The Hall–Kier alpha value is -1.96. The second kappa shape index (κ2) is 6.74. The second-order valence-corrected chi connectivity index (χ2v) is 6.91. The summed E-state index contributed by atoms with van der Waals surface area (Å²) in [6, 6.07) is 9.70. The van der Waals surface area contributed by atoms with Crippen LogP contribution in [0.5, 0.6) is 0 Å². The Morgan fingerprint density at radius 2 is 1.92 bits per heavy atom. The number of benzene rings is 1. The molecule has 0 aliphatic carbocycles. The fourth-order valence-electron chi connectivity index (χ4n) is 3.59. The summed E-state index contributed by atoms with van der Waals surface area (Å²) in [6.45, 7) is 3.12. The van der Waals surface area contributed by atoms with Crippen molar-refractivity contribution in [1.29, 1.82) is 0 Å². The average molecular weight is 359 g/mol. The van der Waals surface area contributed by atoms with E-state index in [0.29, 0.717) is 43.4 Å². The number of rotatable bonds is 2. The first kappa shape index (κ1) is 16.5. The van der Waals surface area contributed by atoms with E-state index in [0.717, 1.165) is 18.5 Å². The van der Waals surface area contributed by atoms with Crippen LogP contribution in [0.15, 0.2) is 36.5 Å². The molecule has 1 aromatic heterocycles. The van der Waals surface area contributed by atoms with Gasteiger partial charge in [-0.3, -0.25) is 9.36 Å². The molecule has 7 heteroatoms. The molecule has 0 radical (unpaired) electrons. The average Bonchev–Trinajstić information content (AvgIpc) is 3.04. The van der Waals surface area contributed by atoms with Crippen LogP contribution in [-0.4, -0.2) is 58.9 Å². The quantitative estimate of drug-likeness (QED) is 0.837. The first-order valence-electron chi connectivity index (χ1n) is 8.55. The third-order valence-electron chi connectivity index (χ3n) is 4.95. The summed E-state index contributed by atoms with van der Waals surface area (Å²) >= 11 is 5.39. The molecular weight excluding hydrogens is 338 g/mol. The fourth-order valence-corrected chi connectivity index (χ4v) is 3.85. The second-order valence-electron chi connectivity index (χ2n) is 6.52. The van der Waals surface area contributed by atoms with Gasteiger partial charge in [-0.2, -0.15) is 0 Å². The number of nitrogens with one attached hydrogen (secondary N) is 1. The maximum atomic E-state index is 13.2. The first-order valence-corrected chi connectivity index (χ1v) is 8.96. The van der Waals surface area contributed by atoms with Gasteiger partial charge in [0, 0.05) is 44.5 Å². The van der Waals surface area contributed by atoms with E-state index in [9.17, 15) is 4.79 Å². The number of hydrogen-bond donors (Lipinski definition) is 1. The Labute approximate surface area is 151 Å². The number of carbonyl (C=O) groups is 1.